The summed E-state index contributed by atoms with van der Waals surface area (Å²) in [7, 11) is 0. The number of anilines is 5. The molecular formula is C59H42N2. The predicted octanol–water partition coefficient (Wildman–Crippen LogP) is 16.6. The number of hydrogen-bond donors (Lipinski definition) is 0. The van der Waals surface area contributed by atoms with Crippen LogP contribution in [0, 0.1) is 0 Å². The van der Waals surface area contributed by atoms with E-state index in [9.17, 15) is 0 Å². The minimum atomic E-state index is 0.819. The van der Waals surface area contributed by atoms with Crippen molar-refractivity contribution in [3.63, 3.8) is 0 Å². The molecule has 0 heterocycles. The summed E-state index contributed by atoms with van der Waals surface area (Å²) in [6.45, 7) is 0. The highest BCUT2D eigenvalue weighted by molar-refractivity contribution is 6.23. The van der Waals surface area contributed by atoms with Gasteiger partial charge in [-0.1, -0.05) is 164 Å². The maximum Gasteiger partial charge on any atom is 0.0468 e. The number of hydrogen-bond acceptors (Lipinski definition) is 2. The first-order valence-corrected chi connectivity index (χ1v) is 21.1. The molecule has 0 saturated carbocycles. The molecule has 2 nitrogen and oxygen atoms in total. The summed E-state index contributed by atoms with van der Waals surface area (Å²) in [5.74, 6) is 0. The molecule has 10 aromatic rings. The van der Waals surface area contributed by atoms with E-state index in [0.29, 0.717) is 0 Å². The molecule has 10 aromatic carbocycles. The molecule has 288 valence electrons. The molecule has 0 amide bonds. The number of para-hydroxylation sites is 3. The van der Waals surface area contributed by atoms with Crippen LogP contribution in [0.1, 0.15) is 6.42 Å². The molecule has 0 N–H and O–H groups in total. The lowest BCUT2D eigenvalue weighted by atomic mass is 9.84. The molecule has 11 rings (SSSR count). The molecular weight excluding hydrogens is 737 g/mol. The summed E-state index contributed by atoms with van der Waals surface area (Å²) in [4.78, 5) is 4.79. The third kappa shape index (κ3) is 6.75. The van der Waals surface area contributed by atoms with E-state index < -0.39 is 0 Å². The lowest BCUT2D eigenvalue weighted by Gasteiger charge is -2.29. The lowest BCUT2D eigenvalue weighted by Crippen LogP contribution is -2.16. The molecule has 2 heteroatoms. The Hall–Kier alpha value is -7.94. The predicted molar refractivity (Wildman–Crippen MR) is 262 cm³/mol. The molecule has 0 bridgehead atoms. The first kappa shape index (κ1) is 36.2. The molecule has 1 aliphatic carbocycles. The Morgan fingerprint density at radius 3 is 1.25 bits per heavy atom. The van der Waals surface area contributed by atoms with Gasteiger partial charge in [-0.15, -0.1) is 0 Å². The van der Waals surface area contributed by atoms with Gasteiger partial charge in [-0.2, -0.15) is 0 Å². The molecule has 0 fully saturated rings. The molecule has 0 unspecified atom stereocenters. The minimum absolute atomic E-state index is 0.819. The van der Waals surface area contributed by atoms with Crippen LogP contribution in [0.25, 0.3) is 65.3 Å². The van der Waals surface area contributed by atoms with Gasteiger partial charge in [0.05, 0.1) is 0 Å². The first-order valence-electron chi connectivity index (χ1n) is 21.1. The molecule has 61 heavy (non-hydrogen) atoms. The average molecular weight is 779 g/mol. The molecule has 0 saturated heterocycles. The minimum Gasteiger partial charge on any atom is -0.314 e. The summed E-state index contributed by atoms with van der Waals surface area (Å²) in [5, 5.41) is 9.73. The fraction of sp³-hybridized carbons (Fsp3) is 0.0169. The maximum absolute atomic E-state index is 2.43. The van der Waals surface area contributed by atoms with Gasteiger partial charge in [0, 0.05) is 40.6 Å². The van der Waals surface area contributed by atoms with Crippen LogP contribution in [0.5, 0.6) is 0 Å². The number of benzene rings is 10. The largest absolute Gasteiger partial charge is 0.314 e. The van der Waals surface area contributed by atoms with Crippen LogP contribution in [0.15, 0.2) is 248 Å². The molecule has 0 atom stereocenters. The number of nitrogens with zero attached hydrogens (tertiary/aromatic N) is 2. The van der Waals surface area contributed by atoms with Crippen molar-refractivity contribution in [3.8, 4) is 22.3 Å². The lowest BCUT2D eigenvalue weighted by molar-refractivity contribution is 1.08. The van der Waals surface area contributed by atoms with E-state index in [1.165, 1.54) is 71.0 Å². The molecule has 0 aliphatic heterocycles. The zero-order valence-electron chi connectivity index (χ0n) is 33.7. The van der Waals surface area contributed by atoms with Crippen LogP contribution in [0.3, 0.4) is 0 Å². The standard InChI is InChI=1S/C59H42N2/c1-2-7-23-48(22-6-1)60(49-24-8-3-9-25-49)52-34-36-54-56(40-52)58(46-32-30-42-18-14-16-20-44(42)38-46)55-37-35-53(61(50-26-10-4-11-27-50)51-28-12-5-13-29-51)41-57(55)59(54)47-33-31-43-19-15-17-21-45(43)39-47/h1-22,24-41H,23H2. The van der Waals surface area contributed by atoms with Gasteiger partial charge in [0.15, 0.2) is 0 Å². The SMILES string of the molecule is C1=CC=C(N(c2ccccc2)c2ccc3c(-c4ccc5ccccc5c4)c4cc(N(c5ccccc5)c5ccccc5)ccc4c(-c4ccc5ccccc5c4)c3c2)CC=C1. The molecule has 0 aromatic heterocycles. The zero-order chi connectivity index (χ0) is 40.5. The molecule has 0 radical (unpaired) electrons. The Labute approximate surface area is 356 Å². The van der Waals surface area contributed by atoms with E-state index in [2.05, 4.69) is 253 Å². The van der Waals surface area contributed by atoms with Crippen LogP contribution in [-0.4, -0.2) is 0 Å². The van der Waals surface area contributed by atoms with Crippen molar-refractivity contribution in [3.05, 3.63) is 248 Å². The fourth-order valence-corrected chi connectivity index (χ4v) is 9.19. The summed E-state index contributed by atoms with van der Waals surface area (Å²) >= 11 is 0. The van der Waals surface area contributed by atoms with Crippen molar-refractivity contribution in [1.29, 1.82) is 0 Å². The van der Waals surface area contributed by atoms with Crippen molar-refractivity contribution in [2.45, 2.75) is 6.42 Å². The van der Waals surface area contributed by atoms with Crippen LogP contribution >= 0.6 is 0 Å². The van der Waals surface area contributed by atoms with Gasteiger partial charge in [0.1, 0.15) is 0 Å². The second kappa shape index (κ2) is 15.7. The van der Waals surface area contributed by atoms with Gasteiger partial charge in [-0.3, -0.25) is 0 Å². The average Bonchev–Trinajstić information content (AvgIpc) is 3.61. The highest BCUT2D eigenvalue weighted by atomic mass is 15.2. The van der Waals surface area contributed by atoms with E-state index in [1.807, 2.05) is 0 Å². The van der Waals surface area contributed by atoms with Crippen LogP contribution in [0.2, 0.25) is 0 Å². The van der Waals surface area contributed by atoms with E-state index >= 15 is 0 Å². The Balaban J connectivity index is 1.26. The topological polar surface area (TPSA) is 6.48 Å². The first-order chi connectivity index (χ1) is 30.3. The maximum atomic E-state index is 2.43. The normalized spacial score (nSPS) is 12.5. The summed E-state index contributed by atoms with van der Waals surface area (Å²) in [6, 6.07) is 77.7. The van der Waals surface area contributed by atoms with Gasteiger partial charge in [0.2, 0.25) is 0 Å². The van der Waals surface area contributed by atoms with Crippen molar-refractivity contribution in [1.82, 2.24) is 0 Å². The van der Waals surface area contributed by atoms with Crippen LogP contribution in [0.4, 0.5) is 28.4 Å². The van der Waals surface area contributed by atoms with Crippen LogP contribution in [-0.2, 0) is 0 Å². The van der Waals surface area contributed by atoms with Crippen molar-refractivity contribution < 1.29 is 0 Å². The number of fused-ring (bicyclic) bond motifs is 4. The van der Waals surface area contributed by atoms with Gasteiger partial charge >= 0.3 is 0 Å². The summed E-state index contributed by atoms with van der Waals surface area (Å²) in [5.41, 5.74) is 11.6. The van der Waals surface area contributed by atoms with Gasteiger partial charge in [-0.05, 0) is 144 Å². The van der Waals surface area contributed by atoms with E-state index in [0.717, 1.165) is 34.9 Å². The highest BCUT2D eigenvalue weighted by Crippen LogP contribution is 2.48. The van der Waals surface area contributed by atoms with Crippen molar-refractivity contribution >= 4 is 71.5 Å². The third-order valence-corrected chi connectivity index (χ3v) is 12.0. The highest BCUT2D eigenvalue weighted by Gasteiger charge is 2.23. The zero-order valence-corrected chi connectivity index (χ0v) is 33.7. The Bertz CT molecular complexity index is 3290. The summed E-state index contributed by atoms with van der Waals surface area (Å²) < 4.78 is 0. The Kier molecular flexibility index (Phi) is 9.29. The van der Waals surface area contributed by atoms with E-state index in [-0.39, 0.29) is 0 Å². The smallest absolute Gasteiger partial charge is 0.0468 e. The fourth-order valence-electron chi connectivity index (χ4n) is 9.19. The van der Waals surface area contributed by atoms with Gasteiger partial charge in [0.25, 0.3) is 0 Å². The molecule has 0 spiro atoms. The van der Waals surface area contributed by atoms with Crippen molar-refractivity contribution in [2.75, 3.05) is 9.80 Å². The van der Waals surface area contributed by atoms with Crippen molar-refractivity contribution in [2.24, 2.45) is 0 Å². The van der Waals surface area contributed by atoms with E-state index in [4.69, 9.17) is 0 Å². The monoisotopic (exact) mass is 778 g/mol. The van der Waals surface area contributed by atoms with Gasteiger partial charge < -0.3 is 9.80 Å². The molecule has 1 aliphatic rings. The second-order valence-corrected chi connectivity index (χ2v) is 15.7. The number of rotatable bonds is 8. The quantitative estimate of drug-likeness (QED) is 0.142. The second-order valence-electron chi connectivity index (χ2n) is 15.7. The Morgan fingerprint density at radius 2 is 0.738 bits per heavy atom. The Morgan fingerprint density at radius 1 is 0.295 bits per heavy atom. The number of allylic oxidation sites excluding steroid dienone is 5. The van der Waals surface area contributed by atoms with E-state index in [1.54, 1.807) is 0 Å². The third-order valence-electron chi connectivity index (χ3n) is 12.0. The summed E-state index contributed by atoms with van der Waals surface area (Å²) in [6.07, 6.45) is 11.7. The van der Waals surface area contributed by atoms with Crippen LogP contribution < -0.4 is 9.80 Å². The van der Waals surface area contributed by atoms with Gasteiger partial charge in [-0.25, -0.2) is 0 Å².